The Morgan fingerprint density at radius 3 is 1.78 bits per heavy atom. The molecule has 0 aliphatic rings. The van der Waals surface area contributed by atoms with Gasteiger partial charge in [-0.2, -0.15) is 0 Å². The molecule has 1 N–H and O–H groups in total. The lowest BCUT2D eigenvalue weighted by Crippen LogP contribution is -2.36. The number of benzene rings is 2. The summed E-state index contributed by atoms with van der Waals surface area (Å²) in [6.07, 6.45) is 0. The molecular weight excluding hydrogens is 342 g/mol. The van der Waals surface area contributed by atoms with Gasteiger partial charge in [0.05, 0.1) is 18.7 Å². The number of rotatable bonds is 7. The highest BCUT2D eigenvalue weighted by Crippen LogP contribution is 2.13. The number of amides is 1. The molecule has 2 aromatic rings. The summed E-state index contributed by atoms with van der Waals surface area (Å²) in [5.74, 6) is -0.595. The fourth-order valence-electron chi connectivity index (χ4n) is 3.14. The number of ether oxygens (including phenoxy) is 1. The minimum absolute atomic E-state index is 0.0718. The highest BCUT2D eigenvalue weighted by Gasteiger charge is 2.17. The minimum atomic E-state index is -0.412. The Kier molecular flexibility index (Phi) is 7.13. The van der Waals surface area contributed by atoms with E-state index in [0.717, 1.165) is 22.3 Å². The van der Waals surface area contributed by atoms with Gasteiger partial charge in [-0.25, -0.2) is 4.79 Å². The molecule has 144 valence electrons. The summed E-state index contributed by atoms with van der Waals surface area (Å²) in [5, 5.41) is 9.29. The largest absolute Gasteiger partial charge is 0.460 e. The molecule has 0 aliphatic carbocycles. The SMILES string of the molecule is Cc1cc(C)cc(C(=O)OCCN(CCO)C(=O)c2cc(C)cc(C)c2)c1. The third kappa shape index (κ3) is 5.93. The van der Waals surface area contributed by atoms with E-state index in [9.17, 15) is 14.7 Å². The molecule has 0 atom stereocenters. The van der Waals surface area contributed by atoms with Gasteiger partial charge in [0.2, 0.25) is 0 Å². The molecule has 27 heavy (non-hydrogen) atoms. The van der Waals surface area contributed by atoms with E-state index < -0.39 is 5.97 Å². The van der Waals surface area contributed by atoms with Crippen LogP contribution in [-0.2, 0) is 4.74 Å². The Labute approximate surface area is 160 Å². The Hall–Kier alpha value is -2.66. The summed E-state index contributed by atoms with van der Waals surface area (Å²) in [4.78, 5) is 26.5. The molecule has 5 nitrogen and oxygen atoms in total. The molecule has 0 spiro atoms. The predicted octanol–water partition coefficient (Wildman–Crippen LogP) is 3.21. The highest BCUT2D eigenvalue weighted by molar-refractivity contribution is 5.94. The van der Waals surface area contributed by atoms with Crippen molar-refractivity contribution >= 4 is 11.9 Å². The molecule has 0 aromatic heterocycles. The minimum Gasteiger partial charge on any atom is -0.460 e. The molecule has 0 saturated heterocycles. The van der Waals surface area contributed by atoms with E-state index >= 15 is 0 Å². The van der Waals surface area contributed by atoms with Crippen LogP contribution in [0, 0.1) is 27.7 Å². The lowest BCUT2D eigenvalue weighted by molar-refractivity contribution is 0.0422. The van der Waals surface area contributed by atoms with E-state index in [-0.39, 0.29) is 32.2 Å². The van der Waals surface area contributed by atoms with Gasteiger partial charge in [-0.05, 0) is 52.0 Å². The Bertz CT molecular complexity index is 789. The van der Waals surface area contributed by atoms with E-state index in [4.69, 9.17) is 4.74 Å². The van der Waals surface area contributed by atoms with Crippen LogP contribution in [0.1, 0.15) is 43.0 Å². The van der Waals surface area contributed by atoms with Crippen LogP contribution in [0.15, 0.2) is 36.4 Å². The summed E-state index contributed by atoms with van der Waals surface area (Å²) in [6.45, 7) is 8.06. The number of hydrogen-bond donors (Lipinski definition) is 1. The van der Waals surface area contributed by atoms with Crippen molar-refractivity contribution < 1.29 is 19.4 Å². The number of carbonyl (C=O) groups excluding carboxylic acids is 2. The maximum Gasteiger partial charge on any atom is 0.338 e. The number of aryl methyl sites for hydroxylation is 4. The molecule has 2 rings (SSSR count). The van der Waals surface area contributed by atoms with Gasteiger partial charge < -0.3 is 14.7 Å². The van der Waals surface area contributed by atoms with Crippen LogP contribution < -0.4 is 0 Å². The first-order valence-corrected chi connectivity index (χ1v) is 9.04. The number of aliphatic hydroxyl groups excluding tert-OH is 1. The molecule has 0 fully saturated rings. The average molecular weight is 369 g/mol. The fourth-order valence-corrected chi connectivity index (χ4v) is 3.14. The fraction of sp³-hybridized carbons (Fsp3) is 0.364. The van der Waals surface area contributed by atoms with E-state index in [1.165, 1.54) is 4.90 Å². The van der Waals surface area contributed by atoms with Crippen LogP contribution in [0.3, 0.4) is 0 Å². The number of aliphatic hydroxyl groups is 1. The summed E-state index contributed by atoms with van der Waals surface area (Å²) in [6, 6.07) is 11.2. The second-order valence-corrected chi connectivity index (χ2v) is 6.90. The van der Waals surface area contributed by atoms with Crippen LogP contribution in [0.25, 0.3) is 0 Å². The van der Waals surface area contributed by atoms with Crippen molar-refractivity contribution in [3.8, 4) is 0 Å². The number of esters is 1. The maximum atomic E-state index is 12.7. The van der Waals surface area contributed by atoms with Gasteiger partial charge in [0.1, 0.15) is 6.61 Å². The van der Waals surface area contributed by atoms with Crippen molar-refractivity contribution in [1.82, 2.24) is 4.90 Å². The van der Waals surface area contributed by atoms with Gasteiger partial charge in [-0.15, -0.1) is 0 Å². The first-order chi connectivity index (χ1) is 12.8. The van der Waals surface area contributed by atoms with Crippen molar-refractivity contribution in [3.05, 3.63) is 69.8 Å². The average Bonchev–Trinajstić information content (AvgIpc) is 2.58. The van der Waals surface area contributed by atoms with Gasteiger partial charge in [0.15, 0.2) is 0 Å². The number of nitrogens with zero attached hydrogens (tertiary/aromatic N) is 1. The third-order valence-corrected chi connectivity index (χ3v) is 4.18. The van der Waals surface area contributed by atoms with Crippen LogP contribution in [0.4, 0.5) is 0 Å². The van der Waals surface area contributed by atoms with Crippen LogP contribution in [0.2, 0.25) is 0 Å². The highest BCUT2D eigenvalue weighted by atomic mass is 16.5. The van der Waals surface area contributed by atoms with Crippen molar-refractivity contribution in [1.29, 1.82) is 0 Å². The zero-order valence-electron chi connectivity index (χ0n) is 16.4. The molecule has 2 aromatic carbocycles. The molecule has 0 bridgehead atoms. The Morgan fingerprint density at radius 2 is 1.30 bits per heavy atom. The van der Waals surface area contributed by atoms with Crippen molar-refractivity contribution in [2.45, 2.75) is 27.7 Å². The second kappa shape index (κ2) is 9.33. The van der Waals surface area contributed by atoms with Gasteiger partial charge in [0.25, 0.3) is 5.91 Å². The lowest BCUT2D eigenvalue weighted by Gasteiger charge is -2.22. The molecule has 0 aliphatic heterocycles. The normalized spacial score (nSPS) is 10.6. The van der Waals surface area contributed by atoms with E-state index in [0.29, 0.717) is 11.1 Å². The second-order valence-electron chi connectivity index (χ2n) is 6.90. The quantitative estimate of drug-likeness (QED) is 0.761. The first kappa shape index (κ1) is 20.6. The number of carbonyl (C=O) groups is 2. The van der Waals surface area contributed by atoms with Gasteiger partial charge in [-0.1, -0.05) is 34.4 Å². The Balaban J connectivity index is 2.01. The van der Waals surface area contributed by atoms with Gasteiger partial charge in [0, 0.05) is 12.1 Å². The Morgan fingerprint density at radius 1 is 0.815 bits per heavy atom. The van der Waals surface area contributed by atoms with Crippen LogP contribution in [-0.4, -0.2) is 48.2 Å². The van der Waals surface area contributed by atoms with Crippen LogP contribution in [0.5, 0.6) is 0 Å². The molecule has 0 saturated carbocycles. The molecule has 1 amide bonds. The molecular formula is C22H27NO4. The monoisotopic (exact) mass is 369 g/mol. The zero-order valence-corrected chi connectivity index (χ0v) is 16.4. The van der Waals surface area contributed by atoms with Crippen LogP contribution >= 0.6 is 0 Å². The van der Waals surface area contributed by atoms with Crippen molar-refractivity contribution in [3.63, 3.8) is 0 Å². The summed E-state index contributed by atoms with van der Waals surface area (Å²) >= 11 is 0. The van der Waals surface area contributed by atoms with Gasteiger partial charge in [-0.3, -0.25) is 4.79 Å². The van der Waals surface area contributed by atoms with E-state index in [1.54, 1.807) is 12.1 Å². The maximum absolute atomic E-state index is 12.7. The zero-order chi connectivity index (χ0) is 20.0. The number of hydrogen-bond acceptors (Lipinski definition) is 4. The third-order valence-electron chi connectivity index (χ3n) is 4.18. The van der Waals surface area contributed by atoms with E-state index in [1.807, 2.05) is 52.0 Å². The summed E-state index contributed by atoms with van der Waals surface area (Å²) in [7, 11) is 0. The predicted molar refractivity (Wildman–Crippen MR) is 105 cm³/mol. The first-order valence-electron chi connectivity index (χ1n) is 9.04. The molecule has 5 heteroatoms. The summed E-state index contributed by atoms with van der Waals surface area (Å²) in [5.41, 5.74) is 5.07. The lowest BCUT2D eigenvalue weighted by atomic mass is 10.1. The topological polar surface area (TPSA) is 66.8 Å². The van der Waals surface area contributed by atoms with Crippen molar-refractivity contribution in [2.24, 2.45) is 0 Å². The van der Waals surface area contributed by atoms with E-state index in [2.05, 4.69) is 0 Å². The molecule has 0 unspecified atom stereocenters. The standard InChI is InChI=1S/C22H27NO4/c1-15-9-16(2)12-19(11-15)21(25)23(5-7-24)6-8-27-22(26)20-13-17(3)10-18(4)14-20/h9-14,24H,5-8H2,1-4H3. The molecule has 0 heterocycles. The van der Waals surface area contributed by atoms with Crippen molar-refractivity contribution in [2.75, 3.05) is 26.3 Å². The summed E-state index contributed by atoms with van der Waals surface area (Å²) < 4.78 is 5.33. The van der Waals surface area contributed by atoms with Gasteiger partial charge >= 0.3 is 5.97 Å². The molecule has 0 radical (unpaired) electrons. The smallest absolute Gasteiger partial charge is 0.338 e.